The number of halogens is 1. The van der Waals surface area contributed by atoms with Gasteiger partial charge in [0.25, 0.3) is 17.6 Å². The molecule has 3 aromatic heterocycles. The van der Waals surface area contributed by atoms with E-state index in [9.17, 15) is 4.79 Å². The quantitative estimate of drug-likeness (QED) is 0.329. The van der Waals surface area contributed by atoms with Crippen LogP contribution in [0.2, 0.25) is 5.02 Å². The van der Waals surface area contributed by atoms with Gasteiger partial charge >= 0.3 is 0 Å². The van der Waals surface area contributed by atoms with Crippen LogP contribution in [0.4, 0.5) is 0 Å². The first-order valence-electron chi connectivity index (χ1n) is 10.1. The normalized spacial score (nSPS) is 11.2. The maximum atomic E-state index is 13.5. The molecule has 0 unspecified atom stereocenters. The van der Waals surface area contributed by atoms with Crippen molar-refractivity contribution in [1.82, 2.24) is 19.7 Å². The maximum Gasteiger partial charge on any atom is 0.289 e. The second kappa shape index (κ2) is 8.05. The highest BCUT2D eigenvalue weighted by molar-refractivity contribution is 6.30. The second-order valence-electron chi connectivity index (χ2n) is 7.65. The minimum atomic E-state index is -0.303. The predicted octanol–water partition coefficient (Wildman–Crippen LogP) is 5.64. The van der Waals surface area contributed by atoms with Crippen molar-refractivity contribution in [1.29, 1.82) is 0 Å². The number of rotatable bonds is 5. The molecule has 0 saturated heterocycles. The molecule has 158 valence electrons. The zero-order valence-electron chi connectivity index (χ0n) is 17.5. The number of carbonyl (C=O) groups is 1. The van der Waals surface area contributed by atoms with Crippen LogP contribution in [0.3, 0.4) is 0 Å². The van der Waals surface area contributed by atoms with Gasteiger partial charge in [0.2, 0.25) is 0 Å². The van der Waals surface area contributed by atoms with Gasteiger partial charge in [-0.1, -0.05) is 41.4 Å². The van der Waals surface area contributed by atoms with Gasteiger partial charge in [0.1, 0.15) is 5.69 Å². The van der Waals surface area contributed by atoms with E-state index in [1.807, 2.05) is 62.4 Å². The molecule has 0 bridgehead atoms. The zero-order valence-corrected chi connectivity index (χ0v) is 18.3. The number of nitrogens with zero attached hydrogens (tertiary/aromatic N) is 4. The summed E-state index contributed by atoms with van der Waals surface area (Å²) < 4.78 is 7.83. The Bertz CT molecular complexity index is 1440. The average molecular weight is 443 g/mol. The summed E-state index contributed by atoms with van der Waals surface area (Å²) >= 11 is 6.04. The van der Waals surface area contributed by atoms with Crippen LogP contribution in [-0.2, 0) is 6.54 Å². The Morgan fingerprint density at radius 1 is 1.03 bits per heavy atom. The topological polar surface area (TPSA) is 73.8 Å². The molecular formula is C25H19ClN4O2. The molecule has 0 amide bonds. The molecule has 32 heavy (non-hydrogen) atoms. The van der Waals surface area contributed by atoms with Crippen LogP contribution in [-0.4, -0.2) is 25.5 Å². The molecule has 0 N–H and O–H groups in total. The van der Waals surface area contributed by atoms with E-state index in [1.165, 1.54) is 0 Å². The Morgan fingerprint density at radius 3 is 2.59 bits per heavy atom. The molecule has 0 atom stereocenters. The monoisotopic (exact) mass is 442 g/mol. The van der Waals surface area contributed by atoms with Crippen molar-refractivity contribution in [2.45, 2.75) is 20.4 Å². The minimum absolute atomic E-state index is 0.0548. The van der Waals surface area contributed by atoms with Gasteiger partial charge in [-0.2, -0.15) is 0 Å². The van der Waals surface area contributed by atoms with Crippen LogP contribution >= 0.6 is 11.6 Å². The Labute approximate surface area is 189 Å². The molecule has 5 aromatic rings. The Balaban J connectivity index is 1.60. The van der Waals surface area contributed by atoms with E-state index in [1.54, 1.807) is 18.3 Å². The number of aromatic nitrogens is 4. The molecule has 0 fully saturated rings. The van der Waals surface area contributed by atoms with Crippen LogP contribution in [0.15, 0.2) is 71.3 Å². The smallest absolute Gasteiger partial charge is 0.289 e. The van der Waals surface area contributed by atoms with Gasteiger partial charge < -0.3 is 8.98 Å². The number of hydrogen-bond donors (Lipinski definition) is 0. The summed E-state index contributed by atoms with van der Waals surface area (Å²) in [5, 5.41) is 9.59. The molecule has 3 heterocycles. The first-order valence-corrected chi connectivity index (χ1v) is 10.5. The molecule has 0 spiro atoms. The maximum absolute atomic E-state index is 13.5. The number of hydrogen-bond acceptors (Lipinski definition) is 5. The molecule has 6 nitrogen and oxygen atoms in total. The van der Waals surface area contributed by atoms with Gasteiger partial charge in [0.05, 0.1) is 5.56 Å². The van der Waals surface area contributed by atoms with E-state index < -0.39 is 0 Å². The summed E-state index contributed by atoms with van der Waals surface area (Å²) in [6, 6.07) is 19.2. The van der Waals surface area contributed by atoms with E-state index >= 15 is 0 Å². The molecule has 0 saturated carbocycles. The lowest BCUT2D eigenvalue weighted by molar-refractivity contribution is 0.100. The Kier molecular flexibility index (Phi) is 5.07. The van der Waals surface area contributed by atoms with E-state index in [0.29, 0.717) is 22.8 Å². The van der Waals surface area contributed by atoms with Gasteiger partial charge in [-0.15, -0.1) is 10.2 Å². The summed E-state index contributed by atoms with van der Waals surface area (Å²) in [5.41, 5.74) is 5.05. The van der Waals surface area contributed by atoms with Crippen molar-refractivity contribution in [2.24, 2.45) is 0 Å². The van der Waals surface area contributed by atoms with Crippen LogP contribution < -0.4 is 0 Å². The molecular weight excluding hydrogens is 424 g/mol. The number of ketones is 1. The summed E-state index contributed by atoms with van der Waals surface area (Å²) in [6.07, 6.45) is 1.64. The lowest BCUT2D eigenvalue weighted by Crippen LogP contribution is -2.06. The summed E-state index contributed by atoms with van der Waals surface area (Å²) in [4.78, 5) is 17.7. The zero-order chi connectivity index (χ0) is 22.2. The fourth-order valence-electron chi connectivity index (χ4n) is 3.87. The fraction of sp³-hybridized carbons (Fsp3) is 0.120. The van der Waals surface area contributed by atoms with Gasteiger partial charge in [0.15, 0.2) is 0 Å². The predicted molar refractivity (Wildman–Crippen MR) is 123 cm³/mol. The SMILES string of the molecule is Cc1ccc2c(c1)c(C(=O)c1nnc(-c3ccccn3)o1)c(C)n2Cc1ccc(Cl)cc1. The van der Waals surface area contributed by atoms with Gasteiger partial charge in [-0.3, -0.25) is 9.78 Å². The van der Waals surface area contributed by atoms with Gasteiger partial charge in [0, 0.05) is 34.4 Å². The molecule has 0 radical (unpaired) electrons. The van der Waals surface area contributed by atoms with Crippen LogP contribution in [0.5, 0.6) is 0 Å². The lowest BCUT2D eigenvalue weighted by Gasteiger charge is -2.09. The third-order valence-corrected chi connectivity index (χ3v) is 5.72. The Hall–Kier alpha value is -3.77. The van der Waals surface area contributed by atoms with Crippen LogP contribution in [0.25, 0.3) is 22.5 Å². The first kappa shape index (κ1) is 20.2. The highest BCUT2D eigenvalue weighted by atomic mass is 35.5. The van der Waals surface area contributed by atoms with E-state index in [2.05, 4.69) is 19.7 Å². The highest BCUT2D eigenvalue weighted by Gasteiger charge is 2.26. The third-order valence-electron chi connectivity index (χ3n) is 5.46. The number of fused-ring (bicyclic) bond motifs is 1. The molecule has 5 rings (SSSR count). The van der Waals surface area contributed by atoms with Crippen molar-refractivity contribution >= 4 is 28.3 Å². The first-order chi connectivity index (χ1) is 15.5. The summed E-state index contributed by atoms with van der Waals surface area (Å²) in [7, 11) is 0. The average Bonchev–Trinajstić information content (AvgIpc) is 3.39. The molecule has 0 aliphatic rings. The summed E-state index contributed by atoms with van der Waals surface area (Å²) in [5.74, 6) is -0.142. The standard InChI is InChI=1S/C25H19ClN4O2/c1-15-6-11-21-19(13-15)22(16(2)30(21)14-17-7-9-18(26)10-8-17)23(31)25-29-28-24(32-25)20-5-3-4-12-27-20/h3-13H,14H2,1-2H3. The molecule has 2 aromatic carbocycles. The second-order valence-corrected chi connectivity index (χ2v) is 8.09. The molecule has 7 heteroatoms. The van der Waals surface area contributed by atoms with Crippen LogP contribution in [0.1, 0.15) is 33.1 Å². The third kappa shape index (κ3) is 3.59. The largest absolute Gasteiger partial charge is 0.412 e. The summed E-state index contributed by atoms with van der Waals surface area (Å²) in [6.45, 7) is 4.55. The molecule has 0 aliphatic carbocycles. The van der Waals surface area contributed by atoms with E-state index in [-0.39, 0.29) is 17.6 Å². The number of benzene rings is 2. The fourth-order valence-corrected chi connectivity index (χ4v) is 4.00. The lowest BCUT2D eigenvalue weighted by atomic mass is 10.0. The van der Waals surface area contributed by atoms with Crippen molar-refractivity contribution in [2.75, 3.05) is 0 Å². The van der Waals surface area contributed by atoms with Crippen molar-refractivity contribution < 1.29 is 9.21 Å². The van der Waals surface area contributed by atoms with Crippen molar-refractivity contribution in [3.05, 3.63) is 100 Å². The number of aryl methyl sites for hydroxylation is 1. The molecule has 0 aliphatic heterocycles. The highest BCUT2D eigenvalue weighted by Crippen LogP contribution is 2.30. The number of carbonyl (C=O) groups excluding carboxylic acids is 1. The van der Waals surface area contributed by atoms with Crippen molar-refractivity contribution in [3.8, 4) is 11.6 Å². The number of pyridine rings is 1. The van der Waals surface area contributed by atoms with Crippen molar-refractivity contribution in [3.63, 3.8) is 0 Å². The minimum Gasteiger partial charge on any atom is -0.412 e. The van der Waals surface area contributed by atoms with Gasteiger partial charge in [-0.25, -0.2) is 0 Å². The Morgan fingerprint density at radius 2 is 1.84 bits per heavy atom. The van der Waals surface area contributed by atoms with Gasteiger partial charge in [-0.05, 0) is 55.8 Å². The van der Waals surface area contributed by atoms with E-state index in [0.717, 1.165) is 27.7 Å². The van der Waals surface area contributed by atoms with E-state index in [4.69, 9.17) is 16.0 Å². The van der Waals surface area contributed by atoms with Crippen LogP contribution in [0, 0.1) is 13.8 Å².